The van der Waals surface area contributed by atoms with Crippen molar-refractivity contribution in [2.24, 2.45) is 4.99 Å². The van der Waals surface area contributed by atoms with Gasteiger partial charge in [-0.05, 0) is 46.0 Å². The third-order valence-corrected chi connectivity index (χ3v) is 4.94. The Morgan fingerprint density at radius 3 is 2.35 bits per heavy atom. The van der Waals surface area contributed by atoms with E-state index in [1.165, 1.54) is 6.42 Å². The summed E-state index contributed by atoms with van der Waals surface area (Å²) >= 11 is 0. The van der Waals surface area contributed by atoms with Gasteiger partial charge in [-0.15, -0.1) is 0 Å². The third-order valence-electron chi connectivity index (χ3n) is 4.94. The van der Waals surface area contributed by atoms with E-state index in [1.807, 2.05) is 4.90 Å². The predicted molar refractivity (Wildman–Crippen MR) is 94.7 cm³/mol. The Balaban J connectivity index is 1.70. The SMILES string of the molecule is CN=C(NCC(=O)N1CCCCC1)NC1CCN(C(C)C)CC1. The molecule has 132 valence electrons. The zero-order valence-corrected chi connectivity index (χ0v) is 15.0. The van der Waals surface area contributed by atoms with E-state index in [0.717, 1.165) is 57.8 Å². The molecular formula is C17H33N5O. The number of rotatable bonds is 4. The van der Waals surface area contributed by atoms with Gasteiger partial charge in [-0.25, -0.2) is 0 Å². The summed E-state index contributed by atoms with van der Waals surface area (Å²) in [5, 5.41) is 6.65. The lowest BCUT2D eigenvalue weighted by atomic mass is 10.0. The zero-order chi connectivity index (χ0) is 16.7. The maximum atomic E-state index is 12.2. The molecule has 2 fully saturated rings. The number of hydrogen-bond acceptors (Lipinski definition) is 3. The number of nitrogens with zero attached hydrogens (tertiary/aromatic N) is 3. The van der Waals surface area contributed by atoms with Crippen molar-refractivity contribution in [1.29, 1.82) is 0 Å². The van der Waals surface area contributed by atoms with Gasteiger partial charge in [-0.2, -0.15) is 0 Å². The molecule has 0 aromatic rings. The second-order valence-corrected chi connectivity index (χ2v) is 6.92. The van der Waals surface area contributed by atoms with Gasteiger partial charge < -0.3 is 20.4 Å². The minimum Gasteiger partial charge on any atom is -0.354 e. The third kappa shape index (κ3) is 5.68. The number of hydrogen-bond donors (Lipinski definition) is 2. The fourth-order valence-corrected chi connectivity index (χ4v) is 3.36. The van der Waals surface area contributed by atoms with E-state index in [9.17, 15) is 4.79 Å². The smallest absolute Gasteiger partial charge is 0.241 e. The first-order chi connectivity index (χ1) is 11.1. The van der Waals surface area contributed by atoms with Crippen LogP contribution in [0.25, 0.3) is 0 Å². The number of carbonyl (C=O) groups is 1. The molecule has 0 unspecified atom stereocenters. The monoisotopic (exact) mass is 323 g/mol. The van der Waals surface area contributed by atoms with Crippen LogP contribution in [0.4, 0.5) is 0 Å². The van der Waals surface area contributed by atoms with E-state index < -0.39 is 0 Å². The Hall–Kier alpha value is -1.30. The molecule has 23 heavy (non-hydrogen) atoms. The fraction of sp³-hybridized carbons (Fsp3) is 0.882. The average Bonchev–Trinajstić information content (AvgIpc) is 2.59. The second kappa shape index (κ2) is 9.11. The van der Waals surface area contributed by atoms with Gasteiger partial charge in [0.15, 0.2) is 5.96 Å². The van der Waals surface area contributed by atoms with Gasteiger partial charge in [0, 0.05) is 45.3 Å². The molecular weight excluding hydrogens is 290 g/mol. The molecule has 0 aromatic heterocycles. The number of guanidine groups is 1. The van der Waals surface area contributed by atoms with Crippen LogP contribution in [0.3, 0.4) is 0 Å². The predicted octanol–water partition coefficient (Wildman–Crippen LogP) is 1.04. The maximum Gasteiger partial charge on any atom is 0.241 e. The summed E-state index contributed by atoms with van der Waals surface area (Å²) < 4.78 is 0. The molecule has 1 amide bonds. The summed E-state index contributed by atoms with van der Waals surface area (Å²) in [4.78, 5) is 20.9. The standard InChI is InChI=1S/C17H33N5O/c1-14(2)21-11-7-15(8-12-21)20-17(18-3)19-13-16(23)22-9-5-4-6-10-22/h14-15H,4-13H2,1-3H3,(H2,18,19,20). The van der Waals surface area contributed by atoms with Crippen molar-refractivity contribution in [2.75, 3.05) is 39.8 Å². The first-order valence-corrected chi connectivity index (χ1v) is 9.09. The molecule has 0 aliphatic carbocycles. The molecule has 0 saturated carbocycles. The molecule has 0 bridgehead atoms. The van der Waals surface area contributed by atoms with E-state index in [4.69, 9.17) is 0 Å². The van der Waals surface area contributed by atoms with Gasteiger partial charge in [0.2, 0.25) is 5.91 Å². The Bertz CT molecular complexity index is 396. The molecule has 0 spiro atoms. The Morgan fingerprint density at radius 1 is 1.13 bits per heavy atom. The fourth-order valence-electron chi connectivity index (χ4n) is 3.36. The van der Waals surface area contributed by atoms with Crippen LogP contribution in [-0.4, -0.2) is 73.5 Å². The molecule has 2 saturated heterocycles. The Morgan fingerprint density at radius 2 is 1.78 bits per heavy atom. The van der Waals surface area contributed by atoms with Crippen LogP contribution in [0.1, 0.15) is 46.0 Å². The molecule has 6 heteroatoms. The van der Waals surface area contributed by atoms with Crippen LogP contribution in [0.2, 0.25) is 0 Å². The van der Waals surface area contributed by atoms with Gasteiger partial charge >= 0.3 is 0 Å². The summed E-state index contributed by atoms with van der Waals surface area (Å²) in [6.45, 7) is 8.89. The molecule has 2 N–H and O–H groups in total. The highest BCUT2D eigenvalue weighted by atomic mass is 16.2. The van der Waals surface area contributed by atoms with Gasteiger partial charge in [-0.3, -0.25) is 9.79 Å². The minimum absolute atomic E-state index is 0.183. The molecule has 2 heterocycles. The normalized spacial score (nSPS) is 21.6. The second-order valence-electron chi connectivity index (χ2n) is 6.92. The van der Waals surface area contributed by atoms with Crippen LogP contribution in [-0.2, 0) is 4.79 Å². The van der Waals surface area contributed by atoms with Crippen molar-refractivity contribution in [1.82, 2.24) is 20.4 Å². The Kier molecular flexibility index (Phi) is 7.15. The number of piperidine rings is 2. The summed E-state index contributed by atoms with van der Waals surface area (Å²) in [6, 6.07) is 1.07. The summed E-state index contributed by atoms with van der Waals surface area (Å²) in [5.41, 5.74) is 0. The average molecular weight is 323 g/mol. The number of nitrogens with one attached hydrogen (secondary N) is 2. The van der Waals surface area contributed by atoms with Crippen LogP contribution in [0, 0.1) is 0 Å². The van der Waals surface area contributed by atoms with Crippen LogP contribution in [0.5, 0.6) is 0 Å². The molecule has 6 nitrogen and oxygen atoms in total. The highest BCUT2D eigenvalue weighted by Gasteiger charge is 2.22. The number of likely N-dealkylation sites (tertiary alicyclic amines) is 2. The summed E-state index contributed by atoms with van der Waals surface area (Å²) in [5.74, 6) is 0.931. The van der Waals surface area contributed by atoms with Crippen molar-refractivity contribution in [3.8, 4) is 0 Å². The highest BCUT2D eigenvalue weighted by Crippen LogP contribution is 2.12. The van der Waals surface area contributed by atoms with E-state index >= 15 is 0 Å². The maximum absolute atomic E-state index is 12.2. The van der Waals surface area contributed by atoms with E-state index in [-0.39, 0.29) is 5.91 Å². The number of carbonyl (C=O) groups excluding carboxylic acids is 1. The first-order valence-electron chi connectivity index (χ1n) is 9.09. The van der Waals surface area contributed by atoms with E-state index in [2.05, 4.69) is 34.4 Å². The Labute approximate surface area is 140 Å². The van der Waals surface area contributed by atoms with Gasteiger partial charge in [0.05, 0.1) is 6.54 Å². The number of aliphatic imine (C=N–C) groups is 1. The topological polar surface area (TPSA) is 60.0 Å². The van der Waals surface area contributed by atoms with Gasteiger partial charge in [-0.1, -0.05) is 0 Å². The van der Waals surface area contributed by atoms with Crippen molar-refractivity contribution in [3.05, 3.63) is 0 Å². The summed E-state index contributed by atoms with van der Waals surface area (Å²) in [6.07, 6.45) is 5.76. The molecule has 2 aliphatic heterocycles. The quantitative estimate of drug-likeness (QED) is 0.599. The van der Waals surface area contributed by atoms with Gasteiger partial charge in [0.25, 0.3) is 0 Å². The van der Waals surface area contributed by atoms with Crippen LogP contribution < -0.4 is 10.6 Å². The van der Waals surface area contributed by atoms with E-state index in [0.29, 0.717) is 18.6 Å². The number of amides is 1. The van der Waals surface area contributed by atoms with E-state index in [1.54, 1.807) is 7.05 Å². The summed E-state index contributed by atoms with van der Waals surface area (Å²) in [7, 11) is 1.77. The molecule has 0 radical (unpaired) electrons. The van der Waals surface area contributed by atoms with Crippen LogP contribution in [0.15, 0.2) is 4.99 Å². The molecule has 2 aliphatic rings. The zero-order valence-electron chi connectivity index (χ0n) is 15.0. The molecule has 0 atom stereocenters. The minimum atomic E-state index is 0.183. The molecule has 2 rings (SSSR count). The lowest BCUT2D eigenvalue weighted by Gasteiger charge is -2.35. The lowest BCUT2D eigenvalue weighted by Crippen LogP contribution is -2.51. The van der Waals surface area contributed by atoms with Crippen molar-refractivity contribution in [3.63, 3.8) is 0 Å². The molecule has 0 aromatic carbocycles. The lowest BCUT2D eigenvalue weighted by molar-refractivity contribution is -0.130. The van der Waals surface area contributed by atoms with Crippen molar-refractivity contribution in [2.45, 2.75) is 58.0 Å². The first kappa shape index (κ1) is 18.0. The van der Waals surface area contributed by atoms with Crippen molar-refractivity contribution < 1.29 is 4.79 Å². The highest BCUT2D eigenvalue weighted by molar-refractivity contribution is 5.86. The largest absolute Gasteiger partial charge is 0.354 e. The van der Waals surface area contributed by atoms with Crippen molar-refractivity contribution >= 4 is 11.9 Å². The van der Waals surface area contributed by atoms with Crippen LogP contribution >= 0.6 is 0 Å². The van der Waals surface area contributed by atoms with Gasteiger partial charge in [0.1, 0.15) is 0 Å².